The molecule has 5 heteroatoms. The Hall–Kier alpha value is -4.38. The summed E-state index contributed by atoms with van der Waals surface area (Å²) in [6.45, 7) is 1.03. The number of benzene rings is 4. The number of nitrogens with one attached hydrogen (secondary N) is 1. The zero-order chi connectivity index (χ0) is 24.9. The minimum atomic E-state index is -0.498. The van der Waals surface area contributed by atoms with Crippen molar-refractivity contribution >= 4 is 33.5 Å². The standard InChI is InChI=1S/C32H27N3O2/c36-30(17-22-14-15-23-10-4-5-11-24(23)16-22)35-28-18-26-25-12-6-7-13-27(25)33-31(26)29(35)20-34(32(28)37)19-21-8-2-1-3-9-21/h1-16,28-29,33H,17-20H2/t28?,29-/m1/s1. The molecule has 1 N–H and O–H groups in total. The lowest BCUT2D eigenvalue weighted by atomic mass is 9.87. The number of rotatable bonds is 4. The third-order valence-corrected chi connectivity index (χ3v) is 7.91. The third-order valence-electron chi connectivity index (χ3n) is 7.91. The Bertz CT molecular complexity index is 1660. The summed E-state index contributed by atoms with van der Waals surface area (Å²) in [5.74, 6) is 0.0326. The van der Waals surface area contributed by atoms with Crippen LogP contribution in [0.25, 0.3) is 21.7 Å². The van der Waals surface area contributed by atoms with Crippen LogP contribution in [0.1, 0.15) is 28.4 Å². The van der Waals surface area contributed by atoms with Crippen molar-refractivity contribution in [1.29, 1.82) is 0 Å². The first-order valence-electron chi connectivity index (χ1n) is 12.9. The highest BCUT2D eigenvalue weighted by Gasteiger charge is 2.48. The van der Waals surface area contributed by atoms with Gasteiger partial charge in [-0.2, -0.15) is 0 Å². The van der Waals surface area contributed by atoms with Crippen molar-refractivity contribution in [2.24, 2.45) is 0 Å². The zero-order valence-electron chi connectivity index (χ0n) is 20.4. The topological polar surface area (TPSA) is 56.4 Å². The van der Waals surface area contributed by atoms with Crippen LogP contribution in [-0.4, -0.2) is 39.2 Å². The summed E-state index contributed by atoms with van der Waals surface area (Å²) < 4.78 is 0. The van der Waals surface area contributed by atoms with Crippen LogP contribution >= 0.6 is 0 Å². The molecular weight excluding hydrogens is 458 g/mol. The van der Waals surface area contributed by atoms with Crippen LogP contribution in [0.5, 0.6) is 0 Å². The molecule has 0 saturated carbocycles. The predicted octanol–water partition coefficient (Wildman–Crippen LogP) is 5.40. The summed E-state index contributed by atoms with van der Waals surface area (Å²) in [6.07, 6.45) is 0.808. The molecule has 0 aliphatic carbocycles. The zero-order valence-corrected chi connectivity index (χ0v) is 20.4. The number of piperazine rings is 1. The molecule has 0 spiro atoms. The fourth-order valence-corrected chi connectivity index (χ4v) is 6.18. The number of amides is 2. The molecule has 37 heavy (non-hydrogen) atoms. The summed E-state index contributed by atoms with van der Waals surface area (Å²) in [4.78, 5) is 35.2. The molecule has 2 amide bonds. The predicted molar refractivity (Wildman–Crippen MR) is 145 cm³/mol. The van der Waals surface area contributed by atoms with Gasteiger partial charge in [0.25, 0.3) is 0 Å². The molecule has 4 aromatic carbocycles. The van der Waals surface area contributed by atoms with Crippen LogP contribution in [0, 0.1) is 0 Å². The van der Waals surface area contributed by atoms with E-state index in [1.54, 1.807) is 0 Å². The number of aromatic amines is 1. The van der Waals surface area contributed by atoms with Crippen molar-refractivity contribution in [3.63, 3.8) is 0 Å². The number of hydrogen-bond acceptors (Lipinski definition) is 2. The van der Waals surface area contributed by atoms with Crippen LogP contribution in [0.4, 0.5) is 0 Å². The summed E-state index contributed by atoms with van der Waals surface area (Å²) in [5.41, 5.74) is 5.37. The van der Waals surface area contributed by atoms with Gasteiger partial charge in [-0.15, -0.1) is 0 Å². The van der Waals surface area contributed by atoms with Gasteiger partial charge in [-0.3, -0.25) is 9.59 Å². The highest BCUT2D eigenvalue weighted by Crippen LogP contribution is 2.41. The molecule has 1 fully saturated rings. The third kappa shape index (κ3) is 3.70. The Balaban J connectivity index is 1.26. The number of para-hydroxylation sites is 1. The van der Waals surface area contributed by atoms with Crippen molar-refractivity contribution in [3.8, 4) is 0 Å². The van der Waals surface area contributed by atoms with Gasteiger partial charge in [0.15, 0.2) is 0 Å². The van der Waals surface area contributed by atoms with E-state index in [1.807, 2.05) is 58.3 Å². The van der Waals surface area contributed by atoms with E-state index in [0.29, 0.717) is 19.5 Å². The molecule has 2 bridgehead atoms. The van der Waals surface area contributed by atoms with Crippen LogP contribution in [0.3, 0.4) is 0 Å². The van der Waals surface area contributed by atoms with Crippen molar-refractivity contribution in [2.45, 2.75) is 31.5 Å². The number of hydrogen-bond donors (Lipinski definition) is 1. The molecule has 3 heterocycles. The molecule has 1 unspecified atom stereocenters. The Morgan fingerprint density at radius 3 is 2.43 bits per heavy atom. The van der Waals surface area contributed by atoms with Crippen molar-refractivity contribution < 1.29 is 9.59 Å². The molecule has 5 aromatic rings. The Kier molecular flexibility index (Phi) is 5.10. The molecule has 5 nitrogen and oxygen atoms in total. The average molecular weight is 486 g/mol. The van der Waals surface area contributed by atoms with Crippen molar-refractivity contribution in [1.82, 2.24) is 14.8 Å². The molecule has 182 valence electrons. The van der Waals surface area contributed by atoms with Gasteiger partial charge in [0.05, 0.1) is 12.5 Å². The second kappa shape index (κ2) is 8.63. The summed E-state index contributed by atoms with van der Waals surface area (Å²) >= 11 is 0. The molecular formula is C32H27N3O2. The fourth-order valence-electron chi connectivity index (χ4n) is 6.18. The van der Waals surface area contributed by atoms with E-state index in [4.69, 9.17) is 0 Å². The highest BCUT2D eigenvalue weighted by molar-refractivity contribution is 5.94. The first-order valence-corrected chi connectivity index (χ1v) is 12.9. The lowest BCUT2D eigenvalue weighted by Crippen LogP contribution is -2.62. The van der Waals surface area contributed by atoms with Gasteiger partial charge in [-0.1, -0.05) is 91.0 Å². The van der Waals surface area contributed by atoms with Gasteiger partial charge in [0, 0.05) is 36.1 Å². The highest BCUT2D eigenvalue weighted by atomic mass is 16.2. The van der Waals surface area contributed by atoms with Crippen LogP contribution in [0.2, 0.25) is 0 Å². The monoisotopic (exact) mass is 485 g/mol. The number of carbonyl (C=O) groups is 2. The van der Waals surface area contributed by atoms with Crippen molar-refractivity contribution in [3.05, 3.63) is 119 Å². The molecule has 2 aliphatic rings. The summed E-state index contributed by atoms with van der Waals surface area (Å²) in [5, 5.41) is 3.43. The van der Waals surface area contributed by atoms with Crippen LogP contribution < -0.4 is 0 Å². The normalized spacial score (nSPS) is 18.9. The number of H-pyrrole nitrogens is 1. The Morgan fingerprint density at radius 1 is 0.811 bits per heavy atom. The molecule has 1 saturated heterocycles. The van der Waals surface area contributed by atoms with Crippen molar-refractivity contribution in [2.75, 3.05) is 6.54 Å². The first-order chi connectivity index (χ1) is 18.2. The Morgan fingerprint density at radius 2 is 1.57 bits per heavy atom. The smallest absolute Gasteiger partial charge is 0.246 e. The molecule has 1 aromatic heterocycles. The maximum Gasteiger partial charge on any atom is 0.246 e. The van der Waals surface area contributed by atoms with E-state index >= 15 is 0 Å². The van der Waals surface area contributed by atoms with E-state index in [-0.39, 0.29) is 24.3 Å². The number of carbonyl (C=O) groups excluding carboxylic acids is 2. The van der Waals surface area contributed by atoms with Gasteiger partial charge in [-0.25, -0.2) is 0 Å². The van der Waals surface area contributed by atoms with Gasteiger partial charge >= 0.3 is 0 Å². The van der Waals surface area contributed by atoms with Gasteiger partial charge < -0.3 is 14.8 Å². The van der Waals surface area contributed by atoms with E-state index in [1.165, 1.54) is 5.56 Å². The van der Waals surface area contributed by atoms with E-state index in [9.17, 15) is 9.59 Å². The number of nitrogens with zero attached hydrogens (tertiary/aromatic N) is 2. The molecule has 2 aliphatic heterocycles. The van der Waals surface area contributed by atoms with Gasteiger partial charge in [0.1, 0.15) is 6.04 Å². The second-order valence-corrected chi connectivity index (χ2v) is 10.2. The number of fused-ring (bicyclic) bond motifs is 7. The summed E-state index contributed by atoms with van der Waals surface area (Å²) in [6, 6.07) is 32.0. The fraction of sp³-hybridized carbons (Fsp3) is 0.188. The SMILES string of the molecule is O=C1C2Cc3c([nH]c4ccccc34)[C@@H](CN1Cc1ccccc1)N2C(=O)Cc1ccc2ccccc2c1. The molecule has 0 radical (unpaired) electrons. The molecule has 2 atom stereocenters. The largest absolute Gasteiger partial charge is 0.356 e. The van der Waals surface area contributed by atoms with Crippen LogP contribution in [0.15, 0.2) is 97.1 Å². The van der Waals surface area contributed by atoms with E-state index in [0.717, 1.165) is 38.5 Å². The summed E-state index contributed by atoms with van der Waals surface area (Å²) in [7, 11) is 0. The lowest BCUT2D eigenvalue weighted by Gasteiger charge is -2.49. The van der Waals surface area contributed by atoms with E-state index in [2.05, 4.69) is 53.5 Å². The van der Waals surface area contributed by atoms with Gasteiger partial charge in [0.2, 0.25) is 11.8 Å². The Labute approximate surface area is 215 Å². The maximum absolute atomic E-state index is 13.9. The first kappa shape index (κ1) is 21.9. The quantitative estimate of drug-likeness (QED) is 0.371. The van der Waals surface area contributed by atoms with E-state index < -0.39 is 6.04 Å². The lowest BCUT2D eigenvalue weighted by molar-refractivity contribution is -0.157. The number of aromatic nitrogens is 1. The van der Waals surface area contributed by atoms with Gasteiger partial charge in [-0.05, 0) is 33.5 Å². The minimum absolute atomic E-state index is 0.00213. The second-order valence-electron chi connectivity index (χ2n) is 10.2. The molecule has 7 rings (SSSR count). The minimum Gasteiger partial charge on any atom is -0.356 e. The average Bonchev–Trinajstić information content (AvgIpc) is 3.30. The van der Waals surface area contributed by atoms with Crippen LogP contribution in [-0.2, 0) is 29.0 Å². The maximum atomic E-state index is 13.9.